The molecule has 140 valence electrons. The van der Waals surface area contributed by atoms with E-state index in [0.29, 0.717) is 30.2 Å². The summed E-state index contributed by atoms with van der Waals surface area (Å²) < 4.78 is 10.9. The van der Waals surface area contributed by atoms with Gasteiger partial charge in [-0.25, -0.2) is 0 Å². The number of nitrogens with two attached hydrogens (primary N) is 1. The first-order valence-electron chi connectivity index (χ1n) is 8.36. The molecule has 2 rings (SSSR count). The molecule has 27 heavy (non-hydrogen) atoms. The lowest BCUT2D eigenvalue weighted by Gasteiger charge is -2.11. The Hall–Kier alpha value is -3.25. The maximum absolute atomic E-state index is 11.1. The highest BCUT2D eigenvalue weighted by Crippen LogP contribution is 2.24. The molecule has 6 heteroatoms. The lowest BCUT2D eigenvalue weighted by molar-refractivity contribution is -0.113. The van der Waals surface area contributed by atoms with Gasteiger partial charge in [-0.2, -0.15) is 0 Å². The molecule has 2 aromatic carbocycles. The quantitative estimate of drug-likeness (QED) is 0.431. The molecule has 0 atom stereocenters. The van der Waals surface area contributed by atoms with E-state index in [0.717, 1.165) is 22.8 Å². The van der Waals surface area contributed by atoms with Gasteiger partial charge in [0.05, 0.1) is 6.61 Å². The number of amides is 1. The van der Waals surface area contributed by atoms with Crippen LogP contribution in [0.5, 0.6) is 5.75 Å². The fourth-order valence-corrected chi connectivity index (χ4v) is 2.41. The number of aryl methyl sites for hydroxylation is 1. The minimum atomic E-state index is -0.839. The van der Waals surface area contributed by atoms with Crippen LogP contribution in [0, 0.1) is 11.8 Å². The van der Waals surface area contributed by atoms with E-state index >= 15 is 0 Å². The molecule has 0 fully saturated rings. The van der Waals surface area contributed by atoms with E-state index in [-0.39, 0.29) is 0 Å². The van der Waals surface area contributed by atoms with Crippen molar-refractivity contribution in [3.05, 3.63) is 75.7 Å². The number of carbonyl (C=O) groups excluding carboxylic acids is 1. The van der Waals surface area contributed by atoms with Gasteiger partial charge >= 0.3 is 5.91 Å². The Morgan fingerprint density at radius 1 is 1.15 bits per heavy atom. The van der Waals surface area contributed by atoms with Crippen LogP contribution in [0.15, 0.2) is 53.7 Å². The summed E-state index contributed by atoms with van der Waals surface area (Å²) in [6.45, 7) is 2.77. The zero-order valence-corrected chi connectivity index (χ0v) is 15.3. The van der Waals surface area contributed by atoms with Gasteiger partial charge < -0.3 is 15.2 Å². The van der Waals surface area contributed by atoms with Crippen LogP contribution in [-0.4, -0.2) is 19.6 Å². The number of benzene rings is 2. The average Bonchev–Trinajstić information content (AvgIpc) is 2.67. The van der Waals surface area contributed by atoms with Gasteiger partial charge in [0.1, 0.15) is 12.4 Å². The second-order valence-corrected chi connectivity index (χ2v) is 5.91. The molecule has 6 nitrogen and oxygen atoms in total. The van der Waals surface area contributed by atoms with Crippen molar-refractivity contribution in [1.29, 1.82) is 0 Å². The summed E-state index contributed by atoms with van der Waals surface area (Å²) >= 11 is 0. The van der Waals surface area contributed by atoms with Gasteiger partial charge in [0.2, 0.25) is 0 Å². The molecule has 0 heterocycles. The molecule has 0 aromatic heterocycles. The number of nitroso groups, excluding NO2 is 1. The van der Waals surface area contributed by atoms with Crippen LogP contribution in [0.2, 0.25) is 0 Å². The normalized spacial score (nSPS) is 11.2. The molecule has 0 spiro atoms. The zero-order chi connectivity index (χ0) is 19.6. The third kappa shape index (κ3) is 6.20. The largest absolute Gasteiger partial charge is 0.488 e. The lowest BCUT2D eigenvalue weighted by atomic mass is 10.1. The second-order valence-electron chi connectivity index (χ2n) is 5.91. The van der Waals surface area contributed by atoms with Gasteiger partial charge in [-0.1, -0.05) is 29.8 Å². The summed E-state index contributed by atoms with van der Waals surface area (Å²) in [6.07, 6.45) is 6.43. The number of nitrogens with zero attached hydrogens (tertiary/aromatic N) is 1. The maximum Gasteiger partial charge on any atom is 0.309 e. The Morgan fingerprint density at radius 3 is 2.70 bits per heavy atom. The highest BCUT2D eigenvalue weighted by molar-refractivity contribution is 5.92. The molecule has 0 saturated carbocycles. The molecule has 2 aromatic rings. The average molecular weight is 366 g/mol. The molecule has 0 radical (unpaired) electrons. The van der Waals surface area contributed by atoms with Crippen LogP contribution in [0.25, 0.3) is 12.2 Å². The van der Waals surface area contributed by atoms with E-state index in [1.165, 1.54) is 6.08 Å². The van der Waals surface area contributed by atoms with Crippen LogP contribution in [0.3, 0.4) is 0 Å². The van der Waals surface area contributed by atoms with E-state index in [4.69, 9.17) is 15.2 Å². The van der Waals surface area contributed by atoms with Gasteiger partial charge in [-0.3, -0.25) is 4.79 Å². The maximum atomic E-state index is 11.1. The van der Waals surface area contributed by atoms with Crippen molar-refractivity contribution in [1.82, 2.24) is 0 Å². The van der Waals surface area contributed by atoms with Gasteiger partial charge in [-0.05, 0) is 48.4 Å². The van der Waals surface area contributed by atoms with E-state index in [1.807, 2.05) is 55.5 Å². The molecule has 0 unspecified atom stereocenters. The van der Waals surface area contributed by atoms with Crippen LogP contribution < -0.4 is 10.5 Å². The van der Waals surface area contributed by atoms with Crippen molar-refractivity contribution >= 4 is 23.7 Å². The lowest BCUT2D eigenvalue weighted by Crippen LogP contribution is -1.99. The highest BCUT2D eigenvalue weighted by atomic mass is 16.5. The summed E-state index contributed by atoms with van der Waals surface area (Å²) in [6, 6.07) is 11.3. The molecule has 0 bridgehead atoms. The minimum Gasteiger partial charge on any atom is -0.488 e. The first kappa shape index (κ1) is 20.1. The van der Waals surface area contributed by atoms with Crippen LogP contribution in [0.4, 0.5) is 5.69 Å². The smallest absolute Gasteiger partial charge is 0.309 e. The first-order valence-corrected chi connectivity index (χ1v) is 8.36. The number of rotatable bonds is 8. The van der Waals surface area contributed by atoms with Gasteiger partial charge in [0.25, 0.3) is 0 Å². The Bertz CT molecular complexity index is 872. The van der Waals surface area contributed by atoms with Crippen molar-refractivity contribution in [3.63, 3.8) is 0 Å². The zero-order valence-electron chi connectivity index (χ0n) is 15.3. The molecular weight excluding hydrogens is 344 g/mol. The minimum absolute atomic E-state index is 0.329. The summed E-state index contributed by atoms with van der Waals surface area (Å²) in [5.41, 5.74) is 10.2. The van der Waals surface area contributed by atoms with Gasteiger partial charge in [0, 0.05) is 29.6 Å². The highest BCUT2D eigenvalue weighted by Gasteiger charge is 2.05. The monoisotopic (exact) mass is 366 g/mol. The standard InChI is InChI=1S/C21H22N2O4/c1-15-5-9-20(18(12-15)7-10-21(24)23-25)27-14-16-6-8-19(22)17(13-16)4-3-11-26-2/h3-10,12-13H,11,14,22H2,1-2H3/b4-3+,10-7+. The number of methoxy groups -OCH3 is 1. The molecule has 0 aliphatic carbocycles. The van der Waals surface area contributed by atoms with Crippen molar-refractivity contribution < 1.29 is 14.3 Å². The topological polar surface area (TPSA) is 91.0 Å². The molecule has 2 N–H and O–H groups in total. The van der Waals surface area contributed by atoms with E-state index in [1.54, 1.807) is 7.11 Å². The predicted molar refractivity (Wildman–Crippen MR) is 107 cm³/mol. The van der Waals surface area contributed by atoms with Crippen molar-refractivity contribution in [2.45, 2.75) is 13.5 Å². The summed E-state index contributed by atoms with van der Waals surface area (Å²) in [4.78, 5) is 21.3. The number of hydrogen-bond donors (Lipinski definition) is 1. The predicted octanol–water partition coefficient (Wildman–Crippen LogP) is 4.12. The second kappa shape index (κ2) is 10.0. The van der Waals surface area contributed by atoms with Gasteiger partial charge in [0.15, 0.2) is 0 Å². The van der Waals surface area contributed by atoms with Gasteiger partial charge in [-0.15, -0.1) is 4.91 Å². The summed E-state index contributed by atoms with van der Waals surface area (Å²) in [5, 5.41) is 2.35. The molecule has 0 aliphatic rings. The molecule has 1 amide bonds. The summed E-state index contributed by atoms with van der Waals surface area (Å²) in [5.74, 6) is -0.239. The van der Waals surface area contributed by atoms with E-state index in [2.05, 4.69) is 5.18 Å². The Kier molecular flexibility index (Phi) is 7.46. The van der Waals surface area contributed by atoms with Crippen LogP contribution >= 0.6 is 0 Å². The Balaban J connectivity index is 2.17. The number of hydrogen-bond acceptors (Lipinski definition) is 5. The summed E-state index contributed by atoms with van der Waals surface area (Å²) in [7, 11) is 1.63. The number of nitrogen functional groups attached to an aromatic ring is 1. The van der Waals surface area contributed by atoms with Crippen molar-refractivity contribution in [2.75, 3.05) is 19.5 Å². The number of carbonyl (C=O) groups is 1. The fraction of sp³-hybridized carbons (Fsp3) is 0.190. The fourth-order valence-electron chi connectivity index (χ4n) is 2.41. The third-order valence-electron chi connectivity index (χ3n) is 3.77. The Labute approximate surface area is 158 Å². The van der Waals surface area contributed by atoms with Crippen molar-refractivity contribution in [2.24, 2.45) is 5.18 Å². The SMILES string of the molecule is COC/C=C/c1cc(COc2ccc(C)cc2/C=C/C(=O)N=O)ccc1N. The van der Waals surface area contributed by atoms with E-state index < -0.39 is 5.91 Å². The number of ether oxygens (including phenoxy) is 2. The van der Waals surface area contributed by atoms with Crippen molar-refractivity contribution in [3.8, 4) is 5.75 Å². The van der Waals surface area contributed by atoms with Crippen LogP contribution in [-0.2, 0) is 16.1 Å². The third-order valence-corrected chi connectivity index (χ3v) is 3.77. The van der Waals surface area contributed by atoms with E-state index in [9.17, 15) is 9.70 Å². The first-order chi connectivity index (χ1) is 13.0. The van der Waals surface area contributed by atoms with Crippen LogP contribution in [0.1, 0.15) is 22.3 Å². The Morgan fingerprint density at radius 2 is 1.96 bits per heavy atom. The molecule has 0 aliphatic heterocycles. The molecular formula is C21H22N2O4. The number of anilines is 1. The molecule has 0 saturated heterocycles.